The molecule has 0 radical (unpaired) electrons. The lowest BCUT2D eigenvalue weighted by Crippen LogP contribution is -2.19. The fraction of sp³-hybridized carbons (Fsp3) is 0.957. The van der Waals surface area contributed by atoms with Crippen LogP contribution >= 0.6 is 0 Å². The first kappa shape index (κ1) is 25.4. The van der Waals surface area contributed by atoms with Crippen LogP contribution in [0.2, 0.25) is 0 Å². The number of ether oxygens (including phenoxy) is 1. The van der Waals surface area contributed by atoms with Gasteiger partial charge in [0.15, 0.2) is 0 Å². The lowest BCUT2D eigenvalue weighted by atomic mass is 10.0. The van der Waals surface area contributed by atoms with E-state index < -0.39 is 0 Å². The zero-order valence-electron chi connectivity index (χ0n) is 18.0. The maximum Gasteiger partial charge on any atom is 0.306 e. The lowest BCUT2D eigenvalue weighted by molar-refractivity contribution is -0.140. The first-order valence-corrected chi connectivity index (χ1v) is 11.6. The Morgan fingerprint density at radius 2 is 1.00 bits per heavy atom. The number of nitrogens with one attached hydrogen (secondary N) is 1. The van der Waals surface area contributed by atoms with Gasteiger partial charge in [-0.25, -0.2) is 0 Å². The van der Waals surface area contributed by atoms with Crippen molar-refractivity contribution in [1.29, 1.82) is 0 Å². The number of hydrogen-bond acceptors (Lipinski definition) is 3. The molecule has 0 rings (SSSR count). The van der Waals surface area contributed by atoms with Crippen LogP contribution in [-0.4, -0.2) is 26.2 Å². The molecule has 0 aliphatic heterocycles. The maximum atomic E-state index is 10.9. The van der Waals surface area contributed by atoms with Crippen LogP contribution in [-0.2, 0) is 9.53 Å². The van der Waals surface area contributed by atoms with Crippen molar-refractivity contribution in [1.82, 2.24) is 5.32 Å². The van der Waals surface area contributed by atoms with Gasteiger partial charge in [0.1, 0.15) is 0 Å². The van der Waals surface area contributed by atoms with Gasteiger partial charge < -0.3 is 10.1 Å². The Balaban J connectivity index is 3.00. The molecule has 0 aromatic rings. The van der Waals surface area contributed by atoms with Gasteiger partial charge in [-0.05, 0) is 13.0 Å². The second kappa shape index (κ2) is 22.5. The molecule has 0 spiro atoms. The summed E-state index contributed by atoms with van der Waals surface area (Å²) in [6.45, 7) is 4.05. The highest BCUT2D eigenvalue weighted by Crippen LogP contribution is 2.13. The van der Waals surface area contributed by atoms with Gasteiger partial charge in [-0.3, -0.25) is 4.79 Å². The molecule has 0 heterocycles. The van der Waals surface area contributed by atoms with Crippen LogP contribution in [0.5, 0.6) is 0 Å². The third-order valence-electron chi connectivity index (χ3n) is 5.19. The number of carbonyl (C=O) groups excluding carboxylic acids is 1. The largest absolute Gasteiger partial charge is 0.469 e. The van der Waals surface area contributed by atoms with Crippen LogP contribution in [0.15, 0.2) is 0 Å². The van der Waals surface area contributed by atoms with Crippen molar-refractivity contribution in [2.75, 3.05) is 20.2 Å². The van der Waals surface area contributed by atoms with E-state index in [0.29, 0.717) is 6.42 Å². The number of rotatable bonds is 21. The van der Waals surface area contributed by atoms with Crippen molar-refractivity contribution in [2.24, 2.45) is 0 Å². The van der Waals surface area contributed by atoms with E-state index in [-0.39, 0.29) is 5.97 Å². The zero-order chi connectivity index (χ0) is 19.1. The Labute approximate surface area is 164 Å². The van der Waals surface area contributed by atoms with Crippen molar-refractivity contribution >= 4 is 5.97 Å². The quantitative estimate of drug-likeness (QED) is 0.179. The summed E-state index contributed by atoms with van der Waals surface area (Å²) in [6, 6.07) is 0. The molecule has 0 atom stereocenters. The average molecular weight is 370 g/mol. The van der Waals surface area contributed by atoms with Gasteiger partial charge >= 0.3 is 5.97 Å². The minimum absolute atomic E-state index is 0.125. The molecule has 0 fully saturated rings. The molecule has 0 aromatic carbocycles. The third-order valence-corrected chi connectivity index (χ3v) is 5.19. The predicted octanol–water partition coefficient (Wildman–Crippen LogP) is 6.79. The molecule has 0 aromatic heterocycles. The van der Waals surface area contributed by atoms with Crippen LogP contribution in [0.1, 0.15) is 122 Å². The summed E-state index contributed by atoms with van der Waals surface area (Å²) in [5.74, 6) is -0.125. The summed E-state index contributed by atoms with van der Waals surface area (Å²) in [5.41, 5.74) is 0. The summed E-state index contributed by atoms with van der Waals surface area (Å²) >= 11 is 0. The van der Waals surface area contributed by atoms with Crippen molar-refractivity contribution in [2.45, 2.75) is 122 Å². The van der Waals surface area contributed by atoms with Crippen molar-refractivity contribution in [3.8, 4) is 0 Å². The minimum Gasteiger partial charge on any atom is -0.469 e. The summed E-state index contributed by atoms with van der Waals surface area (Å²) in [6.07, 6.45) is 24.4. The first-order valence-electron chi connectivity index (χ1n) is 11.6. The third kappa shape index (κ3) is 21.5. The summed E-state index contributed by atoms with van der Waals surface area (Å²) in [7, 11) is 1.44. The monoisotopic (exact) mass is 369 g/mol. The molecule has 0 saturated carbocycles. The second-order valence-electron chi connectivity index (χ2n) is 7.73. The van der Waals surface area contributed by atoms with E-state index >= 15 is 0 Å². The Bertz CT molecular complexity index is 281. The van der Waals surface area contributed by atoms with Crippen molar-refractivity contribution in [3.63, 3.8) is 0 Å². The molecular weight excluding hydrogens is 322 g/mol. The van der Waals surface area contributed by atoms with Crippen molar-refractivity contribution < 1.29 is 9.53 Å². The minimum atomic E-state index is -0.125. The van der Waals surface area contributed by atoms with Crippen LogP contribution < -0.4 is 5.32 Å². The van der Waals surface area contributed by atoms with Crippen LogP contribution in [0.25, 0.3) is 0 Å². The number of unbranched alkanes of at least 4 members (excludes halogenated alkanes) is 16. The van der Waals surface area contributed by atoms with Crippen molar-refractivity contribution in [3.05, 3.63) is 0 Å². The van der Waals surface area contributed by atoms with E-state index in [1.807, 2.05) is 0 Å². The first-order chi connectivity index (χ1) is 12.8. The molecule has 0 aliphatic carbocycles. The Morgan fingerprint density at radius 3 is 1.38 bits per heavy atom. The van der Waals surface area contributed by atoms with Gasteiger partial charge in [0.25, 0.3) is 0 Å². The smallest absolute Gasteiger partial charge is 0.306 e. The van der Waals surface area contributed by atoms with E-state index in [9.17, 15) is 4.79 Å². The van der Waals surface area contributed by atoms with Gasteiger partial charge in [0, 0.05) is 6.54 Å². The molecule has 156 valence electrons. The molecule has 0 aliphatic rings. The Hall–Kier alpha value is -0.570. The number of carbonyl (C=O) groups is 1. The molecule has 3 heteroatoms. The van der Waals surface area contributed by atoms with Crippen LogP contribution in [0.3, 0.4) is 0 Å². The molecular formula is C23H47NO2. The Morgan fingerprint density at radius 1 is 0.615 bits per heavy atom. The molecule has 1 N–H and O–H groups in total. The topological polar surface area (TPSA) is 38.3 Å². The Kier molecular flexibility index (Phi) is 22.0. The predicted molar refractivity (Wildman–Crippen MR) is 114 cm³/mol. The van der Waals surface area contributed by atoms with Gasteiger partial charge in [-0.1, -0.05) is 110 Å². The highest BCUT2D eigenvalue weighted by molar-refractivity contribution is 5.69. The highest BCUT2D eigenvalue weighted by atomic mass is 16.5. The van der Waals surface area contributed by atoms with Gasteiger partial charge in [0.2, 0.25) is 0 Å². The van der Waals surface area contributed by atoms with E-state index in [4.69, 9.17) is 0 Å². The summed E-state index contributed by atoms with van der Waals surface area (Å²) in [5, 5.41) is 3.30. The zero-order valence-corrected chi connectivity index (χ0v) is 18.0. The van der Waals surface area contributed by atoms with E-state index in [1.54, 1.807) is 0 Å². The second-order valence-corrected chi connectivity index (χ2v) is 7.73. The van der Waals surface area contributed by atoms with E-state index in [1.165, 1.54) is 116 Å². The molecule has 0 saturated heterocycles. The fourth-order valence-corrected chi connectivity index (χ4v) is 3.39. The number of esters is 1. The lowest BCUT2D eigenvalue weighted by Gasteiger charge is -2.05. The van der Waals surface area contributed by atoms with Gasteiger partial charge in [-0.2, -0.15) is 0 Å². The summed E-state index contributed by atoms with van der Waals surface area (Å²) < 4.78 is 4.61. The summed E-state index contributed by atoms with van der Waals surface area (Å²) in [4.78, 5) is 10.9. The van der Waals surface area contributed by atoms with Crippen LogP contribution in [0, 0.1) is 0 Å². The number of hydrogen-bond donors (Lipinski definition) is 1. The maximum absolute atomic E-state index is 10.9. The van der Waals surface area contributed by atoms with E-state index in [2.05, 4.69) is 17.0 Å². The standard InChI is InChI=1S/C23H47NO2/c1-3-4-5-6-7-8-9-10-11-12-13-14-15-16-17-18-19-21-24-22-20-23(25)26-2/h24H,3-22H2,1-2H3. The molecule has 3 nitrogen and oxygen atoms in total. The van der Waals surface area contributed by atoms with E-state index in [0.717, 1.165) is 13.1 Å². The molecule has 26 heavy (non-hydrogen) atoms. The van der Waals surface area contributed by atoms with Gasteiger partial charge in [0.05, 0.1) is 13.5 Å². The average Bonchev–Trinajstić information content (AvgIpc) is 2.66. The molecule has 0 amide bonds. The SMILES string of the molecule is CCCCCCCCCCCCCCCCCCCNCCC(=O)OC. The number of methoxy groups -OCH3 is 1. The normalized spacial score (nSPS) is 11.0. The molecule has 0 unspecified atom stereocenters. The van der Waals surface area contributed by atoms with Gasteiger partial charge in [-0.15, -0.1) is 0 Å². The highest BCUT2D eigenvalue weighted by Gasteiger charge is 1.98. The molecule has 0 bridgehead atoms. The van der Waals surface area contributed by atoms with Crippen LogP contribution in [0.4, 0.5) is 0 Å². The fourth-order valence-electron chi connectivity index (χ4n) is 3.39.